The smallest absolute Gasteiger partial charge is 0.389 e. The summed E-state index contributed by atoms with van der Waals surface area (Å²) in [6.45, 7) is 8.54. The Morgan fingerprint density at radius 1 is 1.20 bits per heavy atom. The van der Waals surface area contributed by atoms with Crippen LogP contribution in [0, 0.1) is 0 Å². The maximum atomic E-state index is 12.8. The molecule has 0 amide bonds. The highest BCUT2D eigenvalue weighted by Gasteiger charge is 2.32. The molecule has 1 aliphatic rings. The number of rotatable bonds is 7. The van der Waals surface area contributed by atoms with Gasteiger partial charge in [-0.05, 0) is 26.3 Å². The highest BCUT2D eigenvalue weighted by molar-refractivity contribution is 5.54. The zero-order valence-electron chi connectivity index (χ0n) is 14.9. The summed E-state index contributed by atoms with van der Waals surface area (Å²) in [6, 6.07) is 4.93. The second-order valence-corrected chi connectivity index (χ2v) is 6.37. The maximum Gasteiger partial charge on any atom is 0.389 e. The first kappa shape index (κ1) is 19.8. The molecular weight excluding hydrogens is 331 g/mol. The van der Waals surface area contributed by atoms with E-state index in [1.165, 1.54) is 0 Å². The third-order valence-electron chi connectivity index (χ3n) is 4.80. The standard InChI is InChI=1S/C18H28F3N3O/c1-3-23(4-2)14-5-6-15(17(25)13-14)16(7-8-18(19,20)21)24-11-9-22-10-12-24/h5-6,13,16,22,25H,3-4,7-12H2,1-2H3/t16-/m1/s1. The first-order valence-electron chi connectivity index (χ1n) is 8.95. The number of benzene rings is 1. The average molecular weight is 359 g/mol. The van der Waals surface area contributed by atoms with Crippen LogP contribution in [-0.4, -0.2) is 55.5 Å². The Labute approximate surface area is 147 Å². The summed E-state index contributed by atoms with van der Waals surface area (Å²) in [7, 11) is 0. The molecule has 1 atom stereocenters. The zero-order valence-corrected chi connectivity index (χ0v) is 14.9. The molecule has 0 saturated carbocycles. The van der Waals surface area contributed by atoms with E-state index in [-0.39, 0.29) is 12.2 Å². The van der Waals surface area contributed by atoms with Gasteiger partial charge >= 0.3 is 6.18 Å². The van der Waals surface area contributed by atoms with Crippen molar-refractivity contribution < 1.29 is 18.3 Å². The van der Waals surface area contributed by atoms with Gasteiger partial charge in [0.1, 0.15) is 5.75 Å². The fourth-order valence-corrected chi connectivity index (χ4v) is 3.43. The van der Waals surface area contributed by atoms with Crippen molar-refractivity contribution in [2.45, 2.75) is 38.9 Å². The lowest BCUT2D eigenvalue weighted by Crippen LogP contribution is -2.45. The van der Waals surface area contributed by atoms with Crippen LogP contribution in [0.5, 0.6) is 5.75 Å². The van der Waals surface area contributed by atoms with Crippen molar-refractivity contribution in [1.29, 1.82) is 0 Å². The Kier molecular flexibility index (Phi) is 6.95. The number of phenolic OH excluding ortho intramolecular Hbond substituents is 1. The number of nitrogens with one attached hydrogen (secondary N) is 1. The summed E-state index contributed by atoms with van der Waals surface area (Å²) in [5.41, 5.74) is 1.48. The SMILES string of the molecule is CCN(CC)c1ccc([C@@H](CCC(F)(F)F)N2CCNCC2)c(O)c1. The molecule has 0 radical (unpaired) electrons. The molecule has 7 heteroatoms. The van der Waals surface area contributed by atoms with Crippen molar-refractivity contribution >= 4 is 5.69 Å². The quantitative estimate of drug-likeness (QED) is 0.781. The van der Waals surface area contributed by atoms with E-state index < -0.39 is 18.6 Å². The van der Waals surface area contributed by atoms with Crippen LogP contribution in [0.3, 0.4) is 0 Å². The highest BCUT2D eigenvalue weighted by Crippen LogP contribution is 2.37. The zero-order chi connectivity index (χ0) is 18.4. The molecule has 0 spiro atoms. The third kappa shape index (κ3) is 5.51. The van der Waals surface area contributed by atoms with Crippen molar-refractivity contribution in [3.63, 3.8) is 0 Å². The molecule has 25 heavy (non-hydrogen) atoms. The molecule has 2 rings (SSSR count). The van der Waals surface area contributed by atoms with Gasteiger partial charge in [0.05, 0.1) is 0 Å². The minimum absolute atomic E-state index is 0.0400. The van der Waals surface area contributed by atoms with E-state index in [1.807, 2.05) is 24.8 Å². The minimum atomic E-state index is -4.19. The number of anilines is 1. The Bertz CT molecular complexity index is 541. The molecular formula is C18H28F3N3O. The molecule has 1 aromatic carbocycles. The van der Waals surface area contributed by atoms with Crippen molar-refractivity contribution in [2.75, 3.05) is 44.2 Å². The third-order valence-corrected chi connectivity index (χ3v) is 4.80. The summed E-state index contributed by atoms with van der Waals surface area (Å²) >= 11 is 0. The average Bonchev–Trinajstić information content (AvgIpc) is 2.58. The van der Waals surface area contributed by atoms with E-state index in [2.05, 4.69) is 10.2 Å². The molecule has 1 fully saturated rings. The van der Waals surface area contributed by atoms with Crippen LogP contribution >= 0.6 is 0 Å². The van der Waals surface area contributed by atoms with Gasteiger partial charge in [-0.3, -0.25) is 4.90 Å². The number of halogens is 3. The molecule has 0 aromatic heterocycles. The van der Waals surface area contributed by atoms with Gasteiger partial charge in [-0.2, -0.15) is 13.2 Å². The molecule has 2 N–H and O–H groups in total. The number of phenols is 1. The molecule has 0 unspecified atom stereocenters. The predicted octanol–water partition coefficient (Wildman–Crippen LogP) is 3.53. The van der Waals surface area contributed by atoms with E-state index in [0.717, 1.165) is 31.9 Å². The molecule has 0 aliphatic carbocycles. The van der Waals surface area contributed by atoms with Gasteiger partial charge in [-0.25, -0.2) is 0 Å². The maximum absolute atomic E-state index is 12.8. The largest absolute Gasteiger partial charge is 0.508 e. The predicted molar refractivity (Wildman–Crippen MR) is 94.1 cm³/mol. The molecule has 1 aliphatic heterocycles. The summed E-state index contributed by atoms with van der Waals surface area (Å²) in [5, 5.41) is 13.7. The van der Waals surface area contributed by atoms with E-state index in [1.54, 1.807) is 12.1 Å². The van der Waals surface area contributed by atoms with Gasteiger partial charge in [0.2, 0.25) is 0 Å². The molecule has 0 bridgehead atoms. The fourth-order valence-electron chi connectivity index (χ4n) is 3.43. The Hall–Kier alpha value is -1.47. The highest BCUT2D eigenvalue weighted by atomic mass is 19.4. The lowest BCUT2D eigenvalue weighted by molar-refractivity contribution is -0.138. The van der Waals surface area contributed by atoms with Gasteiger partial charge in [-0.1, -0.05) is 6.07 Å². The van der Waals surface area contributed by atoms with Crippen LogP contribution in [0.25, 0.3) is 0 Å². The second-order valence-electron chi connectivity index (χ2n) is 6.37. The monoisotopic (exact) mass is 359 g/mol. The van der Waals surface area contributed by atoms with Crippen molar-refractivity contribution in [1.82, 2.24) is 10.2 Å². The molecule has 4 nitrogen and oxygen atoms in total. The molecule has 1 aromatic rings. The van der Waals surface area contributed by atoms with Crippen LogP contribution in [0.15, 0.2) is 18.2 Å². The fraction of sp³-hybridized carbons (Fsp3) is 0.667. The number of hydrogen-bond acceptors (Lipinski definition) is 4. The minimum Gasteiger partial charge on any atom is -0.508 e. The van der Waals surface area contributed by atoms with Crippen LogP contribution in [0.2, 0.25) is 0 Å². The van der Waals surface area contributed by atoms with Gasteiger partial charge < -0.3 is 15.3 Å². The van der Waals surface area contributed by atoms with Crippen molar-refractivity contribution in [2.24, 2.45) is 0 Å². The van der Waals surface area contributed by atoms with Gasteiger partial charge in [0.15, 0.2) is 0 Å². The van der Waals surface area contributed by atoms with E-state index >= 15 is 0 Å². The number of hydrogen-bond donors (Lipinski definition) is 2. The molecule has 142 valence electrons. The Morgan fingerprint density at radius 2 is 1.84 bits per heavy atom. The number of alkyl halides is 3. The van der Waals surface area contributed by atoms with Crippen LogP contribution in [-0.2, 0) is 0 Å². The second kappa shape index (κ2) is 8.76. The summed E-state index contributed by atoms with van der Waals surface area (Å²) in [4.78, 5) is 4.13. The topological polar surface area (TPSA) is 38.7 Å². The van der Waals surface area contributed by atoms with E-state index in [4.69, 9.17) is 0 Å². The summed E-state index contributed by atoms with van der Waals surface area (Å²) in [6.07, 6.45) is -5.08. The van der Waals surface area contributed by atoms with Gasteiger partial charge in [-0.15, -0.1) is 0 Å². The van der Waals surface area contributed by atoms with E-state index in [0.29, 0.717) is 18.7 Å². The first-order chi connectivity index (χ1) is 11.9. The van der Waals surface area contributed by atoms with Crippen LogP contribution < -0.4 is 10.2 Å². The summed E-state index contributed by atoms with van der Waals surface area (Å²) in [5.74, 6) is 0.0788. The van der Waals surface area contributed by atoms with Gasteiger partial charge in [0, 0.05) is 69.0 Å². The first-order valence-corrected chi connectivity index (χ1v) is 8.95. The molecule has 1 saturated heterocycles. The van der Waals surface area contributed by atoms with Crippen LogP contribution in [0.1, 0.15) is 38.3 Å². The molecule has 1 heterocycles. The van der Waals surface area contributed by atoms with E-state index in [9.17, 15) is 18.3 Å². The van der Waals surface area contributed by atoms with Crippen LogP contribution in [0.4, 0.5) is 18.9 Å². The number of aromatic hydroxyl groups is 1. The number of nitrogens with zero attached hydrogens (tertiary/aromatic N) is 2. The van der Waals surface area contributed by atoms with Gasteiger partial charge in [0.25, 0.3) is 0 Å². The van der Waals surface area contributed by atoms with Crippen molar-refractivity contribution in [3.8, 4) is 5.75 Å². The lowest BCUT2D eigenvalue weighted by atomic mass is 9.97. The normalized spacial score (nSPS) is 17.5. The Morgan fingerprint density at radius 3 is 2.36 bits per heavy atom. The lowest BCUT2D eigenvalue weighted by Gasteiger charge is -2.36. The Balaban J connectivity index is 2.25. The number of piperazine rings is 1. The summed E-state index contributed by atoms with van der Waals surface area (Å²) < 4.78 is 38.3. The van der Waals surface area contributed by atoms with Crippen molar-refractivity contribution in [3.05, 3.63) is 23.8 Å².